The van der Waals surface area contributed by atoms with Crippen LogP contribution in [0.2, 0.25) is 0 Å². The second kappa shape index (κ2) is 5.81. The minimum absolute atomic E-state index is 0.372. The van der Waals surface area contributed by atoms with E-state index in [0.29, 0.717) is 10.6 Å². The highest BCUT2D eigenvalue weighted by Crippen LogP contribution is 2.35. The van der Waals surface area contributed by atoms with Crippen LogP contribution in [0.3, 0.4) is 0 Å². The number of benzene rings is 1. The fourth-order valence-corrected chi connectivity index (χ4v) is 3.46. The Labute approximate surface area is 137 Å². The van der Waals surface area contributed by atoms with Crippen LogP contribution in [0.15, 0.2) is 28.7 Å². The summed E-state index contributed by atoms with van der Waals surface area (Å²) in [5.41, 5.74) is 8.08. The number of halogens is 1. The largest absolute Gasteiger partial charge is 0.456 e. The van der Waals surface area contributed by atoms with E-state index in [2.05, 4.69) is 22.0 Å². The van der Waals surface area contributed by atoms with Gasteiger partial charge in [-0.25, -0.2) is 4.79 Å². The molecule has 0 fully saturated rings. The van der Waals surface area contributed by atoms with Gasteiger partial charge < -0.3 is 10.5 Å². The van der Waals surface area contributed by atoms with Crippen molar-refractivity contribution in [2.75, 3.05) is 5.73 Å². The Morgan fingerprint density at radius 1 is 1.24 bits per heavy atom. The van der Waals surface area contributed by atoms with Gasteiger partial charge in [0.2, 0.25) is 0 Å². The number of carbonyl (C=O) groups is 1. The van der Waals surface area contributed by atoms with Crippen molar-refractivity contribution in [2.45, 2.75) is 33.3 Å². The molecule has 0 aliphatic rings. The minimum Gasteiger partial charge on any atom is -0.456 e. The maximum Gasteiger partial charge on any atom is 0.350 e. The van der Waals surface area contributed by atoms with Gasteiger partial charge in [-0.2, -0.15) is 0 Å². The molecule has 112 valence electrons. The van der Waals surface area contributed by atoms with Gasteiger partial charge in [0, 0.05) is 9.35 Å². The molecule has 2 N–H and O–H groups in total. The van der Waals surface area contributed by atoms with Crippen molar-refractivity contribution < 1.29 is 9.53 Å². The van der Waals surface area contributed by atoms with Gasteiger partial charge in [0.25, 0.3) is 0 Å². The average Bonchev–Trinajstić information content (AvgIpc) is 2.68. The zero-order chi connectivity index (χ0) is 15.8. The third-order valence-corrected chi connectivity index (χ3v) is 4.31. The molecule has 0 amide bonds. The van der Waals surface area contributed by atoms with E-state index in [1.807, 2.05) is 45.9 Å². The van der Waals surface area contributed by atoms with Gasteiger partial charge in [-0.1, -0.05) is 22.0 Å². The summed E-state index contributed by atoms with van der Waals surface area (Å²) in [4.78, 5) is 13.6. The summed E-state index contributed by atoms with van der Waals surface area (Å²) >= 11 is 4.84. The van der Waals surface area contributed by atoms with E-state index in [9.17, 15) is 4.79 Å². The maximum atomic E-state index is 12.2. The van der Waals surface area contributed by atoms with Crippen LogP contribution in [-0.4, -0.2) is 11.6 Å². The van der Waals surface area contributed by atoms with Gasteiger partial charge in [0.1, 0.15) is 10.5 Å². The highest BCUT2D eigenvalue weighted by Gasteiger charge is 2.22. The summed E-state index contributed by atoms with van der Waals surface area (Å²) in [5, 5.41) is 0. The Hall–Kier alpha value is -1.33. The summed E-state index contributed by atoms with van der Waals surface area (Å²) in [6, 6.07) is 7.94. The van der Waals surface area contributed by atoms with Crippen molar-refractivity contribution in [3.63, 3.8) is 0 Å². The minimum atomic E-state index is -0.528. The number of thiophene rings is 1. The van der Waals surface area contributed by atoms with Crippen molar-refractivity contribution >= 4 is 38.9 Å². The molecule has 0 radical (unpaired) electrons. The van der Waals surface area contributed by atoms with Gasteiger partial charge >= 0.3 is 5.97 Å². The van der Waals surface area contributed by atoms with E-state index in [1.54, 1.807) is 0 Å². The molecule has 0 bridgehead atoms. The summed E-state index contributed by atoms with van der Waals surface area (Å²) in [5.74, 6) is -0.372. The Morgan fingerprint density at radius 3 is 2.48 bits per heavy atom. The first-order valence-electron chi connectivity index (χ1n) is 6.56. The van der Waals surface area contributed by atoms with Crippen molar-refractivity contribution in [1.82, 2.24) is 0 Å². The average molecular weight is 368 g/mol. The van der Waals surface area contributed by atoms with Crippen molar-refractivity contribution in [3.05, 3.63) is 39.2 Å². The van der Waals surface area contributed by atoms with E-state index in [1.165, 1.54) is 11.3 Å². The number of ether oxygens (including phenoxy) is 1. The maximum absolute atomic E-state index is 12.2. The summed E-state index contributed by atoms with van der Waals surface area (Å²) in [7, 11) is 0. The molecule has 21 heavy (non-hydrogen) atoms. The molecule has 0 aliphatic heterocycles. The van der Waals surface area contributed by atoms with Crippen LogP contribution in [0, 0.1) is 6.92 Å². The zero-order valence-electron chi connectivity index (χ0n) is 12.5. The van der Waals surface area contributed by atoms with Crippen molar-refractivity contribution in [3.8, 4) is 10.4 Å². The van der Waals surface area contributed by atoms with E-state index < -0.39 is 5.60 Å². The van der Waals surface area contributed by atoms with Crippen molar-refractivity contribution in [2.24, 2.45) is 0 Å². The van der Waals surface area contributed by atoms with E-state index in [4.69, 9.17) is 10.5 Å². The molecule has 2 rings (SSSR count). The van der Waals surface area contributed by atoms with Crippen LogP contribution in [0.5, 0.6) is 0 Å². The molecule has 0 saturated carbocycles. The number of aryl methyl sites for hydroxylation is 1. The SMILES string of the molecule is Cc1cc(Br)cc(-c2cc(N)c(C(=O)OC(C)(C)C)s2)c1. The fraction of sp³-hybridized carbons (Fsp3) is 0.312. The predicted octanol–water partition coefficient (Wildman–Crippen LogP) is 5.02. The molecule has 0 spiro atoms. The van der Waals surface area contributed by atoms with Crippen LogP contribution in [0.1, 0.15) is 36.0 Å². The highest BCUT2D eigenvalue weighted by atomic mass is 79.9. The number of carbonyl (C=O) groups excluding carboxylic acids is 1. The standard InChI is InChI=1S/C16H18BrNO2S/c1-9-5-10(7-11(17)6-9)13-8-12(18)14(21-13)15(19)20-16(2,3)4/h5-8H,18H2,1-4H3. The van der Waals surface area contributed by atoms with Crippen LogP contribution >= 0.6 is 27.3 Å². The molecule has 0 atom stereocenters. The summed E-state index contributed by atoms with van der Waals surface area (Å²) in [6.45, 7) is 7.55. The van der Waals surface area contributed by atoms with Gasteiger partial charge in [-0.15, -0.1) is 11.3 Å². The normalized spacial score (nSPS) is 11.5. The van der Waals surface area contributed by atoms with Crippen LogP contribution < -0.4 is 5.73 Å². The lowest BCUT2D eigenvalue weighted by atomic mass is 10.1. The van der Waals surface area contributed by atoms with E-state index in [-0.39, 0.29) is 5.97 Å². The first kappa shape index (κ1) is 16.0. The zero-order valence-corrected chi connectivity index (χ0v) is 14.9. The number of hydrogen-bond donors (Lipinski definition) is 1. The molecule has 0 saturated heterocycles. The Kier molecular flexibility index (Phi) is 4.44. The fourth-order valence-electron chi connectivity index (χ4n) is 1.91. The van der Waals surface area contributed by atoms with Crippen LogP contribution in [0.4, 0.5) is 5.69 Å². The second-order valence-corrected chi connectivity index (χ2v) is 7.88. The first-order valence-corrected chi connectivity index (χ1v) is 8.17. The molecule has 1 aromatic carbocycles. The van der Waals surface area contributed by atoms with Crippen LogP contribution in [-0.2, 0) is 4.74 Å². The Morgan fingerprint density at radius 2 is 1.90 bits per heavy atom. The number of esters is 1. The number of nitrogen functional groups attached to an aromatic ring is 1. The highest BCUT2D eigenvalue weighted by molar-refractivity contribution is 9.10. The van der Waals surface area contributed by atoms with Gasteiger partial charge in [-0.05, 0) is 57.0 Å². The monoisotopic (exact) mass is 367 g/mol. The van der Waals surface area contributed by atoms with Crippen LogP contribution in [0.25, 0.3) is 10.4 Å². The topological polar surface area (TPSA) is 52.3 Å². The first-order chi connectivity index (χ1) is 9.65. The summed E-state index contributed by atoms with van der Waals surface area (Å²) < 4.78 is 6.39. The molecular formula is C16H18BrNO2S. The number of nitrogens with two attached hydrogens (primary N) is 1. The molecule has 3 nitrogen and oxygen atoms in total. The molecule has 1 aromatic heterocycles. The quantitative estimate of drug-likeness (QED) is 0.757. The van der Waals surface area contributed by atoms with Gasteiger partial charge in [0.05, 0.1) is 5.69 Å². The molecule has 5 heteroatoms. The second-order valence-electron chi connectivity index (χ2n) is 5.91. The van der Waals surface area contributed by atoms with E-state index >= 15 is 0 Å². The molecular weight excluding hydrogens is 350 g/mol. The lowest BCUT2D eigenvalue weighted by Gasteiger charge is -2.18. The third kappa shape index (κ3) is 4.08. The smallest absolute Gasteiger partial charge is 0.350 e. The number of anilines is 1. The predicted molar refractivity (Wildman–Crippen MR) is 91.8 cm³/mol. The number of rotatable bonds is 2. The molecule has 0 aliphatic carbocycles. The third-order valence-electron chi connectivity index (χ3n) is 2.67. The van der Waals surface area contributed by atoms with E-state index in [0.717, 1.165) is 20.5 Å². The molecule has 0 unspecified atom stereocenters. The van der Waals surface area contributed by atoms with Crippen molar-refractivity contribution in [1.29, 1.82) is 0 Å². The molecule has 1 heterocycles. The van der Waals surface area contributed by atoms with Gasteiger partial charge in [-0.3, -0.25) is 0 Å². The number of hydrogen-bond acceptors (Lipinski definition) is 4. The Bertz CT molecular complexity index is 666. The molecule has 2 aromatic rings. The Balaban J connectivity index is 2.37. The lowest BCUT2D eigenvalue weighted by Crippen LogP contribution is -2.23. The van der Waals surface area contributed by atoms with Gasteiger partial charge in [0.15, 0.2) is 0 Å². The lowest BCUT2D eigenvalue weighted by molar-refractivity contribution is 0.00764. The summed E-state index contributed by atoms with van der Waals surface area (Å²) in [6.07, 6.45) is 0.